The molecular weight excluding hydrogens is 402 g/mol. The van der Waals surface area contributed by atoms with E-state index in [4.69, 9.17) is 4.42 Å². The van der Waals surface area contributed by atoms with Crippen LogP contribution in [0.25, 0.3) is 22.5 Å². The van der Waals surface area contributed by atoms with Crippen LogP contribution in [0.4, 0.5) is 5.69 Å². The second-order valence-corrected chi connectivity index (χ2v) is 7.22. The summed E-state index contributed by atoms with van der Waals surface area (Å²) in [7, 11) is 1.32. The molecule has 0 aliphatic rings. The number of rotatable bonds is 6. The summed E-state index contributed by atoms with van der Waals surface area (Å²) in [4.78, 5) is 33.1. The maximum absolute atomic E-state index is 12.4. The number of para-hydroxylation sites is 1. The van der Waals surface area contributed by atoms with E-state index < -0.39 is 5.97 Å². The van der Waals surface area contributed by atoms with Crippen LogP contribution >= 0.6 is 11.8 Å². The smallest absolute Gasteiger partial charge is 0.337 e. The van der Waals surface area contributed by atoms with Crippen molar-refractivity contribution in [2.24, 2.45) is 0 Å². The Labute approximate surface area is 176 Å². The monoisotopic (exact) mass is 419 g/mol. The van der Waals surface area contributed by atoms with Crippen LogP contribution in [0.3, 0.4) is 0 Å². The van der Waals surface area contributed by atoms with E-state index in [0.717, 1.165) is 10.9 Å². The highest BCUT2D eigenvalue weighted by molar-refractivity contribution is 8.00. The van der Waals surface area contributed by atoms with Gasteiger partial charge in [-0.05, 0) is 42.5 Å². The molecule has 2 heterocycles. The molecule has 4 aromatic rings. The highest BCUT2D eigenvalue weighted by atomic mass is 32.2. The Morgan fingerprint density at radius 2 is 1.83 bits per heavy atom. The van der Waals surface area contributed by atoms with Crippen LogP contribution in [0.15, 0.2) is 76.4 Å². The lowest BCUT2D eigenvalue weighted by Gasteiger charge is -2.08. The number of nitrogens with one attached hydrogen (secondary N) is 1. The minimum absolute atomic E-state index is 0.164. The van der Waals surface area contributed by atoms with Crippen molar-refractivity contribution in [2.45, 2.75) is 5.03 Å². The number of hydrogen-bond acceptors (Lipinski definition) is 7. The van der Waals surface area contributed by atoms with Gasteiger partial charge in [0.1, 0.15) is 5.03 Å². The number of thioether (sulfide) groups is 1. The van der Waals surface area contributed by atoms with Gasteiger partial charge in [0.25, 0.3) is 0 Å². The van der Waals surface area contributed by atoms with Gasteiger partial charge in [-0.3, -0.25) is 4.79 Å². The minimum atomic E-state index is -0.425. The number of hydrogen-bond donors (Lipinski definition) is 1. The number of aromatic nitrogens is 2. The fourth-order valence-corrected chi connectivity index (χ4v) is 3.63. The molecule has 0 aliphatic carbocycles. The van der Waals surface area contributed by atoms with E-state index in [9.17, 15) is 9.59 Å². The minimum Gasteiger partial charge on any atom is -0.465 e. The number of methoxy groups -OCH3 is 1. The maximum atomic E-state index is 12.4. The van der Waals surface area contributed by atoms with Crippen molar-refractivity contribution in [3.63, 3.8) is 0 Å². The highest BCUT2D eigenvalue weighted by Gasteiger charge is 2.13. The number of furan rings is 1. The Balaban J connectivity index is 1.49. The van der Waals surface area contributed by atoms with Crippen molar-refractivity contribution in [3.05, 3.63) is 72.5 Å². The third kappa shape index (κ3) is 4.33. The van der Waals surface area contributed by atoms with Crippen molar-refractivity contribution < 1.29 is 18.7 Å². The first-order valence-electron chi connectivity index (χ1n) is 9.06. The summed E-state index contributed by atoms with van der Waals surface area (Å²) in [5.41, 5.74) is 1.79. The Morgan fingerprint density at radius 3 is 2.57 bits per heavy atom. The summed E-state index contributed by atoms with van der Waals surface area (Å²) in [6, 6.07) is 17.7. The zero-order valence-electron chi connectivity index (χ0n) is 16.0. The number of fused-ring (bicyclic) bond motifs is 1. The van der Waals surface area contributed by atoms with E-state index in [1.165, 1.54) is 18.9 Å². The molecule has 2 aromatic carbocycles. The van der Waals surface area contributed by atoms with E-state index in [2.05, 4.69) is 20.0 Å². The van der Waals surface area contributed by atoms with Gasteiger partial charge in [-0.15, -0.1) is 0 Å². The first-order valence-corrected chi connectivity index (χ1v) is 10.0. The van der Waals surface area contributed by atoms with E-state index in [0.29, 0.717) is 27.9 Å². The molecule has 0 saturated heterocycles. The topological polar surface area (TPSA) is 94.3 Å². The summed E-state index contributed by atoms with van der Waals surface area (Å²) in [6.07, 6.45) is 1.57. The fraction of sp³-hybridized carbons (Fsp3) is 0.0909. The summed E-state index contributed by atoms with van der Waals surface area (Å²) >= 11 is 1.32. The Morgan fingerprint density at radius 1 is 1.03 bits per heavy atom. The number of esters is 1. The molecule has 1 amide bonds. The van der Waals surface area contributed by atoms with Crippen LogP contribution in [0, 0.1) is 0 Å². The number of anilines is 1. The van der Waals surface area contributed by atoms with Crippen molar-refractivity contribution in [2.75, 3.05) is 18.2 Å². The van der Waals surface area contributed by atoms with Gasteiger partial charge >= 0.3 is 5.97 Å². The first kappa shape index (κ1) is 19.7. The zero-order valence-corrected chi connectivity index (χ0v) is 16.8. The van der Waals surface area contributed by atoms with Crippen LogP contribution in [0.2, 0.25) is 0 Å². The Kier molecular flexibility index (Phi) is 5.76. The molecule has 1 N–H and O–H groups in total. The number of ether oxygens (including phenoxy) is 1. The van der Waals surface area contributed by atoms with Gasteiger partial charge < -0.3 is 14.5 Å². The molecule has 0 fully saturated rings. The third-order valence-electron chi connectivity index (χ3n) is 4.24. The van der Waals surface area contributed by atoms with Crippen molar-refractivity contribution >= 4 is 40.2 Å². The molecule has 2 aromatic heterocycles. The van der Waals surface area contributed by atoms with Crippen LogP contribution in [0.1, 0.15) is 10.4 Å². The van der Waals surface area contributed by atoms with Gasteiger partial charge in [0, 0.05) is 11.1 Å². The van der Waals surface area contributed by atoms with Gasteiger partial charge in [-0.1, -0.05) is 30.0 Å². The van der Waals surface area contributed by atoms with Gasteiger partial charge in [0.15, 0.2) is 11.6 Å². The molecule has 0 atom stereocenters. The summed E-state index contributed by atoms with van der Waals surface area (Å²) in [5, 5.41) is 4.38. The van der Waals surface area contributed by atoms with Crippen LogP contribution < -0.4 is 5.32 Å². The van der Waals surface area contributed by atoms with Crippen LogP contribution in [0.5, 0.6) is 0 Å². The Bertz CT molecular complexity index is 1190. The second kappa shape index (κ2) is 8.79. The van der Waals surface area contributed by atoms with Gasteiger partial charge in [0.2, 0.25) is 5.91 Å². The molecule has 0 unspecified atom stereocenters. The molecule has 7 nitrogen and oxygen atoms in total. The molecular formula is C22H17N3O4S. The summed E-state index contributed by atoms with van der Waals surface area (Å²) in [6.45, 7) is 0. The molecule has 0 saturated carbocycles. The lowest BCUT2D eigenvalue weighted by atomic mass is 10.2. The lowest BCUT2D eigenvalue weighted by molar-refractivity contribution is -0.113. The molecule has 8 heteroatoms. The molecule has 0 bridgehead atoms. The second-order valence-electron chi connectivity index (χ2n) is 6.25. The predicted octanol–water partition coefficient (Wildman–Crippen LogP) is 4.41. The molecule has 30 heavy (non-hydrogen) atoms. The van der Waals surface area contributed by atoms with Crippen LogP contribution in [-0.4, -0.2) is 34.7 Å². The molecule has 0 radical (unpaired) electrons. The van der Waals surface area contributed by atoms with Gasteiger partial charge in [-0.2, -0.15) is 0 Å². The average molecular weight is 419 g/mol. The van der Waals surface area contributed by atoms with Crippen LogP contribution in [-0.2, 0) is 9.53 Å². The number of amides is 1. The maximum Gasteiger partial charge on any atom is 0.337 e. The predicted molar refractivity (Wildman–Crippen MR) is 114 cm³/mol. The molecule has 150 valence electrons. The number of benzene rings is 2. The lowest BCUT2D eigenvalue weighted by Crippen LogP contribution is -2.14. The SMILES string of the molecule is COC(=O)c1ccc(NC(=O)CSc2nc(-c3ccco3)nc3ccccc23)cc1. The van der Waals surface area contributed by atoms with Crippen molar-refractivity contribution in [1.29, 1.82) is 0 Å². The standard InChI is InChI=1S/C22H17N3O4S/c1-28-22(27)14-8-10-15(11-9-14)23-19(26)13-30-21-16-5-2-3-6-17(16)24-20(25-21)18-7-4-12-29-18/h2-12H,13H2,1H3,(H,23,26). The van der Waals surface area contributed by atoms with E-state index in [-0.39, 0.29) is 11.7 Å². The molecule has 0 aliphatic heterocycles. The van der Waals surface area contributed by atoms with Crippen molar-refractivity contribution in [3.8, 4) is 11.6 Å². The third-order valence-corrected chi connectivity index (χ3v) is 5.23. The molecule has 0 spiro atoms. The van der Waals surface area contributed by atoms with Gasteiger partial charge in [-0.25, -0.2) is 14.8 Å². The quantitative estimate of drug-likeness (QED) is 0.281. The van der Waals surface area contributed by atoms with Crippen molar-refractivity contribution in [1.82, 2.24) is 9.97 Å². The van der Waals surface area contributed by atoms with E-state index in [1.807, 2.05) is 24.3 Å². The van der Waals surface area contributed by atoms with E-state index >= 15 is 0 Å². The summed E-state index contributed by atoms with van der Waals surface area (Å²) < 4.78 is 10.1. The number of carbonyl (C=O) groups excluding carboxylic acids is 2. The average Bonchev–Trinajstić information content (AvgIpc) is 3.32. The number of nitrogens with zero attached hydrogens (tertiary/aromatic N) is 2. The fourth-order valence-electron chi connectivity index (χ4n) is 2.81. The normalized spacial score (nSPS) is 10.7. The zero-order chi connectivity index (χ0) is 20.9. The number of carbonyl (C=O) groups is 2. The van der Waals surface area contributed by atoms with Gasteiger partial charge in [0.05, 0.1) is 30.2 Å². The molecule has 4 rings (SSSR count). The Hall–Kier alpha value is -3.65. The van der Waals surface area contributed by atoms with E-state index in [1.54, 1.807) is 42.7 Å². The highest BCUT2D eigenvalue weighted by Crippen LogP contribution is 2.28. The summed E-state index contributed by atoms with van der Waals surface area (Å²) in [5.74, 6) is 0.592. The largest absolute Gasteiger partial charge is 0.465 e. The first-order chi connectivity index (χ1) is 14.6.